The minimum Gasteiger partial charge on any atom is -0.506 e. The molecule has 0 fully saturated rings. The summed E-state index contributed by atoms with van der Waals surface area (Å²) in [5.74, 6) is -1.34. The van der Waals surface area contributed by atoms with E-state index in [4.69, 9.17) is 19.2 Å². The van der Waals surface area contributed by atoms with Gasteiger partial charge in [0.05, 0.1) is 43.0 Å². The lowest BCUT2D eigenvalue weighted by atomic mass is 9.77. The van der Waals surface area contributed by atoms with E-state index in [1.165, 1.54) is 26.4 Å². The predicted octanol–water partition coefficient (Wildman–Crippen LogP) is 5.19. The molecule has 3 aromatic rings. The average Bonchev–Trinajstić information content (AvgIpc) is 3.39. The van der Waals surface area contributed by atoms with Crippen LogP contribution >= 0.6 is 31.9 Å². The summed E-state index contributed by atoms with van der Waals surface area (Å²) in [5, 5.41) is 28.1. The molecular formula is C30H33BBr2O11. The molecule has 0 aliphatic carbocycles. The Balaban J connectivity index is 0.000000232. The van der Waals surface area contributed by atoms with Crippen LogP contribution in [0.2, 0.25) is 0 Å². The van der Waals surface area contributed by atoms with Crippen molar-refractivity contribution < 1.29 is 53.2 Å². The molecule has 0 aromatic heterocycles. The molecule has 3 N–H and O–H groups in total. The van der Waals surface area contributed by atoms with Gasteiger partial charge in [-0.2, -0.15) is 0 Å². The molecule has 0 amide bonds. The first-order valence-electron chi connectivity index (χ1n) is 13.2. The third kappa shape index (κ3) is 8.75. The Morgan fingerprint density at radius 3 is 1.86 bits per heavy atom. The fourth-order valence-electron chi connectivity index (χ4n) is 3.91. The van der Waals surface area contributed by atoms with Crippen LogP contribution in [0.25, 0.3) is 0 Å². The number of halogens is 2. The van der Waals surface area contributed by atoms with Crippen LogP contribution in [-0.4, -0.2) is 67.7 Å². The Labute approximate surface area is 272 Å². The number of methoxy groups -OCH3 is 2. The van der Waals surface area contributed by atoms with Crippen LogP contribution in [0.15, 0.2) is 45.3 Å². The maximum absolute atomic E-state index is 11.4. The van der Waals surface area contributed by atoms with E-state index < -0.39 is 19.1 Å². The number of aryl methyl sites for hydroxylation is 2. The number of carboxylic acids is 1. The molecular weight excluding hydrogens is 707 g/mol. The maximum atomic E-state index is 11.4. The zero-order valence-electron chi connectivity index (χ0n) is 25.0. The summed E-state index contributed by atoms with van der Waals surface area (Å²) < 4.78 is 26.2. The SMILES string of the molecule is CCOc1c(C(=O)O)ccc2c1B(O)OC2.CCOc1c(C(=O)OC)ccc(C)c1Br.COC(=O)c1ccc(C)c(Br)c1O. The molecule has 0 saturated heterocycles. The Kier molecular flexibility index (Phi) is 14.2. The van der Waals surface area contributed by atoms with E-state index in [1.807, 2.05) is 26.8 Å². The summed E-state index contributed by atoms with van der Waals surface area (Å²) in [7, 11) is 1.53. The number of phenolic OH excluding ortho intramolecular Hbond substituents is 1. The summed E-state index contributed by atoms with van der Waals surface area (Å²) in [6.07, 6.45) is 0. The van der Waals surface area contributed by atoms with Crippen molar-refractivity contribution in [3.05, 3.63) is 78.7 Å². The minimum absolute atomic E-state index is 0.0464. The van der Waals surface area contributed by atoms with Gasteiger partial charge in [-0.3, -0.25) is 0 Å². The van der Waals surface area contributed by atoms with Crippen molar-refractivity contribution in [1.29, 1.82) is 0 Å². The van der Waals surface area contributed by atoms with Gasteiger partial charge in [-0.25, -0.2) is 14.4 Å². The molecule has 1 heterocycles. The highest BCUT2D eigenvalue weighted by molar-refractivity contribution is 9.11. The fraction of sp³-hybridized carbons (Fsp3) is 0.300. The molecule has 14 heteroatoms. The number of esters is 2. The van der Waals surface area contributed by atoms with Gasteiger partial charge < -0.3 is 38.8 Å². The molecule has 3 aromatic carbocycles. The monoisotopic (exact) mass is 738 g/mol. The van der Waals surface area contributed by atoms with Gasteiger partial charge >= 0.3 is 25.0 Å². The molecule has 0 unspecified atom stereocenters. The quantitative estimate of drug-likeness (QED) is 0.216. The van der Waals surface area contributed by atoms with Crippen molar-refractivity contribution in [1.82, 2.24) is 0 Å². The highest BCUT2D eigenvalue weighted by Crippen LogP contribution is 2.33. The van der Waals surface area contributed by atoms with Gasteiger partial charge in [0.15, 0.2) is 0 Å². The number of carboxylic acid groups (broad SMARTS) is 1. The Morgan fingerprint density at radius 2 is 1.32 bits per heavy atom. The van der Waals surface area contributed by atoms with Crippen LogP contribution < -0.4 is 14.9 Å². The third-order valence-electron chi connectivity index (χ3n) is 6.15. The number of ether oxygens (including phenoxy) is 4. The molecule has 0 bridgehead atoms. The Bertz CT molecular complexity index is 1510. The van der Waals surface area contributed by atoms with E-state index >= 15 is 0 Å². The van der Waals surface area contributed by atoms with Crippen LogP contribution in [0.3, 0.4) is 0 Å². The van der Waals surface area contributed by atoms with E-state index in [0.29, 0.717) is 34.5 Å². The molecule has 0 radical (unpaired) electrons. The van der Waals surface area contributed by atoms with Gasteiger partial charge in [-0.1, -0.05) is 18.2 Å². The summed E-state index contributed by atoms with van der Waals surface area (Å²) in [5.41, 5.74) is 3.74. The van der Waals surface area contributed by atoms with Crippen molar-refractivity contribution in [2.45, 2.75) is 34.3 Å². The van der Waals surface area contributed by atoms with Crippen LogP contribution in [0.4, 0.5) is 0 Å². The summed E-state index contributed by atoms with van der Waals surface area (Å²) in [6, 6.07) is 9.91. The first-order valence-corrected chi connectivity index (χ1v) is 14.8. The third-order valence-corrected chi connectivity index (χ3v) is 8.13. The molecule has 4 rings (SSSR count). The molecule has 0 atom stereocenters. The number of benzene rings is 3. The Hall–Kier alpha value is -3.59. The minimum atomic E-state index is -1.10. The van der Waals surface area contributed by atoms with E-state index in [1.54, 1.807) is 25.1 Å². The number of hydrogen-bond acceptors (Lipinski definition) is 10. The van der Waals surface area contributed by atoms with E-state index in [9.17, 15) is 24.5 Å². The van der Waals surface area contributed by atoms with Gasteiger partial charge in [0.25, 0.3) is 0 Å². The van der Waals surface area contributed by atoms with Crippen molar-refractivity contribution >= 4 is 62.3 Å². The lowest BCUT2D eigenvalue weighted by Gasteiger charge is -2.12. The second-order valence-electron chi connectivity index (χ2n) is 9.00. The molecule has 0 spiro atoms. The van der Waals surface area contributed by atoms with Crippen LogP contribution in [0, 0.1) is 13.8 Å². The van der Waals surface area contributed by atoms with Gasteiger partial charge in [0, 0.05) is 5.46 Å². The van der Waals surface area contributed by atoms with Crippen molar-refractivity contribution in [2.24, 2.45) is 0 Å². The normalized spacial score (nSPS) is 11.2. The number of carbonyl (C=O) groups excluding carboxylic acids is 2. The summed E-state index contributed by atoms with van der Waals surface area (Å²) in [6.45, 7) is 8.51. The summed E-state index contributed by atoms with van der Waals surface area (Å²) in [4.78, 5) is 33.5. The standard InChI is InChI=1S/C11H13BrO3.C10H11BO5.C9H9BrO3/c1-4-15-10-8(11(13)14-3)6-5-7(2)9(10)12;1-2-15-9-7(10(12)13)4-3-6-5-16-11(14)8(6)9;1-5-3-4-6(9(12)13-2)8(11)7(5)10/h5-6H,4H2,1-3H3;3-4,14H,2,5H2,1H3,(H,12,13);3-4,11H,1-2H3. The predicted molar refractivity (Wildman–Crippen MR) is 170 cm³/mol. The lowest BCUT2D eigenvalue weighted by Crippen LogP contribution is -2.31. The van der Waals surface area contributed by atoms with Crippen molar-refractivity contribution in [3.8, 4) is 17.2 Å². The number of carbonyl (C=O) groups is 3. The highest BCUT2D eigenvalue weighted by atomic mass is 79.9. The maximum Gasteiger partial charge on any atom is 0.495 e. The largest absolute Gasteiger partial charge is 0.506 e. The zero-order valence-corrected chi connectivity index (χ0v) is 28.2. The Morgan fingerprint density at radius 1 is 0.818 bits per heavy atom. The number of phenols is 1. The average molecular weight is 740 g/mol. The molecule has 1 aliphatic heterocycles. The van der Waals surface area contributed by atoms with Crippen LogP contribution in [-0.2, 0) is 20.7 Å². The van der Waals surface area contributed by atoms with Gasteiger partial charge in [-0.15, -0.1) is 0 Å². The number of fused-ring (bicyclic) bond motifs is 1. The molecule has 236 valence electrons. The second kappa shape index (κ2) is 17.0. The van der Waals surface area contributed by atoms with E-state index in [-0.39, 0.29) is 35.2 Å². The van der Waals surface area contributed by atoms with Crippen molar-refractivity contribution in [3.63, 3.8) is 0 Å². The smallest absolute Gasteiger partial charge is 0.495 e. The topological polar surface area (TPSA) is 158 Å². The number of hydrogen-bond donors (Lipinski definition) is 3. The zero-order chi connectivity index (χ0) is 33.1. The number of rotatable bonds is 7. The van der Waals surface area contributed by atoms with E-state index in [0.717, 1.165) is 21.2 Å². The molecule has 44 heavy (non-hydrogen) atoms. The molecule has 0 saturated carbocycles. The summed E-state index contributed by atoms with van der Waals surface area (Å²) >= 11 is 6.57. The number of aromatic carboxylic acids is 1. The number of aromatic hydroxyl groups is 1. The van der Waals surface area contributed by atoms with Gasteiger partial charge in [0.1, 0.15) is 33.9 Å². The van der Waals surface area contributed by atoms with Crippen LogP contribution in [0.1, 0.15) is 61.6 Å². The lowest BCUT2D eigenvalue weighted by molar-refractivity contribution is 0.0587. The second-order valence-corrected chi connectivity index (χ2v) is 10.6. The van der Waals surface area contributed by atoms with Gasteiger partial charge in [0.2, 0.25) is 0 Å². The fourth-order valence-corrected chi connectivity index (χ4v) is 4.71. The van der Waals surface area contributed by atoms with E-state index in [2.05, 4.69) is 41.3 Å². The molecule has 11 nitrogen and oxygen atoms in total. The molecule has 1 aliphatic rings. The van der Waals surface area contributed by atoms with Crippen molar-refractivity contribution in [2.75, 3.05) is 27.4 Å². The first-order chi connectivity index (χ1) is 20.8. The highest BCUT2D eigenvalue weighted by Gasteiger charge is 2.33. The first kappa shape index (κ1) is 36.6. The van der Waals surface area contributed by atoms with Crippen LogP contribution in [0.5, 0.6) is 17.2 Å². The van der Waals surface area contributed by atoms with Gasteiger partial charge in [-0.05, 0) is 94.4 Å².